The maximum atomic E-state index is 11.0. The van der Waals surface area contributed by atoms with Crippen LogP contribution in [0.25, 0.3) is 10.8 Å². The van der Waals surface area contributed by atoms with Crippen molar-refractivity contribution in [2.45, 2.75) is 4.90 Å². The van der Waals surface area contributed by atoms with E-state index in [2.05, 4.69) is 6.07 Å². The second-order valence-corrected chi connectivity index (χ2v) is 4.27. The Morgan fingerprint density at radius 2 is 1.86 bits per heavy atom. The van der Waals surface area contributed by atoms with Gasteiger partial charge in [0.1, 0.15) is 4.90 Å². The van der Waals surface area contributed by atoms with Gasteiger partial charge in [-0.05, 0) is 23.6 Å². The zero-order valence-corrected chi connectivity index (χ0v) is 7.95. The molecule has 0 fully saturated rings. The lowest BCUT2D eigenvalue weighted by atomic mass is 10.1. The van der Waals surface area contributed by atoms with E-state index in [0.29, 0.717) is 5.39 Å². The molecule has 3 nitrogen and oxygen atoms in total. The minimum Gasteiger partial charge on any atom is -0.282 e. The molecular formula is C10H7O3S. The Bertz CT molecular complexity index is 567. The summed E-state index contributed by atoms with van der Waals surface area (Å²) in [6, 6.07) is 12.5. The lowest BCUT2D eigenvalue weighted by molar-refractivity contribution is 0.484. The highest BCUT2D eigenvalue weighted by atomic mass is 32.2. The highest BCUT2D eigenvalue weighted by Crippen LogP contribution is 2.21. The number of rotatable bonds is 1. The lowest BCUT2D eigenvalue weighted by Crippen LogP contribution is -1.98. The Hall–Kier alpha value is -1.39. The minimum atomic E-state index is -4.16. The Kier molecular flexibility index (Phi) is 2.02. The van der Waals surface area contributed by atoms with E-state index < -0.39 is 10.1 Å². The predicted molar refractivity (Wildman–Crippen MR) is 52.6 cm³/mol. The summed E-state index contributed by atoms with van der Waals surface area (Å²) < 4.78 is 30.9. The van der Waals surface area contributed by atoms with Crippen LogP contribution in [0.1, 0.15) is 0 Å². The zero-order chi connectivity index (χ0) is 10.2. The van der Waals surface area contributed by atoms with Gasteiger partial charge in [0.05, 0.1) is 0 Å². The molecule has 71 valence electrons. The van der Waals surface area contributed by atoms with Crippen molar-refractivity contribution in [1.82, 2.24) is 0 Å². The van der Waals surface area contributed by atoms with E-state index in [1.165, 1.54) is 6.07 Å². The SMILES string of the molecule is O=S(=O)(O)c1c[c]cc2ccccc12. The van der Waals surface area contributed by atoms with Crippen LogP contribution in [-0.2, 0) is 10.1 Å². The van der Waals surface area contributed by atoms with E-state index in [1.807, 2.05) is 0 Å². The van der Waals surface area contributed by atoms with Crippen LogP contribution in [0.4, 0.5) is 0 Å². The minimum absolute atomic E-state index is 0.101. The molecule has 2 rings (SSSR count). The molecule has 0 aliphatic carbocycles. The van der Waals surface area contributed by atoms with E-state index in [9.17, 15) is 8.42 Å². The molecule has 14 heavy (non-hydrogen) atoms. The Morgan fingerprint density at radius 1 is 1.14 bits per heavy atom. The third kappa shape index (κ3) is 1.49. The van der Waals surface area contributed by atoms with Crippen LogP contribution in [0.3, 0.4) is 0 Å². The van der Waals surface area contributed by atoms with E-state index >= 15 is 0 Å². The molecule has 2 aromatic rings. The largest absolute Gasteiger partial charge is 0.295 e. The van der Waals surface area contributed by atoms with Crippen LogP contribution in [0.15, 0.2) is 41.3 Å². The van der Waals surface area contributed by atoms with E-state index in [1.54, 1.807) is 30.3 Å². The summed E-state index contributed by atoms with van der Waals surface area (Å²) in [5.41, 5.74) is 0. The third-order valence-corrected chi connectivity index (χ3v) is 2.85. The molecule has 0 unspecified atom stereocenters. The molecule has 0 aliphatic heterocycles. The highest BCUT2D eigenvalue weighted by Gasteiger charge is 2.12. The van der Waals surface area contributed by atoms with Crippen molar-refractivity contribution < 1.29 is 13.0 Å². The third-order valence-electron chi connectivity index (χ3n) is 1.96. The van der Waals surface area contributed by atoms with Gasteiger partial charge in [-0.3, -0.25) is 4.55 Å². The normalized spacial score (nSPS) is 11.8. The van der Waals surface area contributed by atoms with Crippen LogP contribution in [-0.4, -0.2) is 13.0 Å². The molecule has 0 saturated carbocycles. The van der Waals surface area contributed by atoms with E-state index in [0.717, 1.165) is 5.39 Å². The first kappa shape index (κ1) is 9.18. The van der Waals surface area contributed by atoms with Gasteiger partial charge in [0.2, 0.25) is 0 Å². The van der Waals surface area contributed by atoms with Crippen molar-refractivity contribution in [3.8, 4) is 0 Å². The summed E-state index contributed by atoms with van der Waals surface area (Å²) in [7, 11) is -4.16. The van der Waals surface area contributed by atoms with Crippen LogP contribution in [0.5, 0.6) is 0 Å². The topological polar surface area (TPSA) is 54.4 Å². The number of fused-ring (bicyclic) bond motifs is 1. The summed E-state index contributed by atoms with van der Waals surface area (Å²) >= 11 is 0. The molecule has 1 radical (unpaired) electrons. The first-order valence-electron chi connectivity index (χ1n) is 3.95. The van der Waals surface area contributed by atoms with Gasteiger partial charge in [0.15, 0.2) is 0 Å². The molecule has 2 aromatic carbocycles. The quantitative estimate of drug-likeness (QED) is 0.726. The first-order chi connectivity index (χ1) is 6.59. The molecule has 0 bridgehead atoms. The standard InChI is InChI=1S/C10H7O3S/c11-14(12,13)10-7-3-5-8-4-1-2-6-9(8)10/h1-2,4-7H,(H,11,12,13). The second kappa shape index (κ2) is 3.08. The number of hydrogen-bond acceptors (Lipinski definition) is 2. The molecule has 0 heterocycles. The molecule has 0 atom stereocenters. The summed E-state index contributed by atoms with van der Waals surface area (Å²) in [6.45, 7) is 0. The zero-order valence-electron chi connectivity index (χ0n) is 7.14. The molecule has 0 saturated heterocycles. The molecular weight excluding hydrogens is 200 g/mol. The van der Waals surface area contributed by atoms with Gasteiger partial charge in [0, 0.05) is 5.39 Å². The molecule has 1 N–H and O–H groups in total. The summed E-state index contributed by atoms with van der Waals surface area (Å²) in [6.07, 6.45) is 0. The fourth-order valence-corrected chi connectivity index (χ4v) is 2.03. The molecule has 0 spiro atoms. The monoisotopic (exact) mass is 207 g/mol. The summed E-state index contributed by atoms with van der Waals surface area (Å²) in [4.78, 5) is -0.101. The molecule has 4 heteroatoms. The fraction of sp³-hybridized carbons (Fsp3) is 0. The second-order valence-electron chi connectivity index (χ2n) is 2.88. The van der Waals surface area contributed by atoms with Crippen molar-refractivity contribution in [2.24, 2.45) is 0 Å². The first-order valence-corrected chi connectivity index (χ1v) is 5.39. The number of hydrogen-bond donors (Lipinski definition) is 1. The summed E-state index contributed by atoms with van der Waals surface area (Å²) in [5, 5.41) is 1.25. The number of benzene rings is 2. The highest BCUT2D eigenvalue weighted by molar-refractivity contribution is 7.86. The van der Waals surface area contributed by atoms with Gasteiger partial charge in [-0.2, -0.15) is 8.42 Å². The van der Waals surface area contributed by atoms with Crippen molar-refractivity contribution in [3.05, 3.63) is 42.5 Å². The maximum absolute atomic E-state index is 11.0. The van der Waals surface area contributed by atoms with Gasteiger partial charge >= 0.3 is 0 Å². The average Bonchev–Trinajstić information content (AvgIpc) is 2.15. The van der Waals surface area contributed by atoms with E-state index in [-0.39, 0.29) is 4.90 Å². The van der Waals surface area contributed by atoms with Crippen molar-refractivity contribution in [1.29, 1.82) is 0 Å². The van der Waals surface area contributed by atoms with Gasteiger partial charge in [0.25, 0.3) is 10.1 Å². The van der Waals surface area contributed by atoms with Gasteiger partial charge in [-0.25, -0.2) is 0 Å². The Balaban J connectivity index is 2.92. The lowest BCUT2D eigenvalue weighted by Gasteiger charge is -2.01. The smallest absolute Gasteiger partial charge is 0.282 e. The predicted octanol–water partition coefficient (Wildman–Crippen LogP) is 1.89. The van der Waals surface area contributed by atoms with Crippen molar-refractivity contribution in [2.75, 3.05) is 0 Å². The van der Waals surface area contributed by atoms with Crippen LogP contribution < -0.4 is 0 Å². The Labute approximate surface area is 81.7 Å². The van der Waals surface area contributed by atoms with Crippen LogP contribution in [0, 0.1) is 6.07 Å². The average molecular weight is 207 g/mol. The van der Waals surface area contributed by atoms with Crippen LogP contribution in [0.2, 0.25) is 0 Å². The van der Waals surface area contributed by atoms with Crippen molar-refractivity contribution in [3.63, 3.8) is 0 Å². The fourth-order valence-electron chi connectivity index (χ4n) is 1.35. The molecule has 0 amide bonds. The van der Waals surface area contributed by atoms with Crippen molar-refractivity contribution >= 4 is 20.9 Å². The molecule has 0 aromatic heterocycles. The van der Waals surface area contributed by atoms with Gasteiger partial charge in [-0.15, -0.1) is 0 Å². The van der Waals surface area contributed by atoms with Crippen LogP contribution >= 0.6 is 0 Å². The summed E-state index contributed by atoms with van der Waals surface area (Å²) in [5.74, 6) is 0. The maximum Gasteiger partial charge on any atom is 0.295 e. The van der Waals surface area contributed by atoms with Gasteiger partial charge < -0.3 is 0 Å². The van der Waals surface area contributed by atoms with E-state index in [4.69, 9.17) is 4.55 Å². The van der Waals surface area contributed by atoms with Gasteiger partial charge in [-0.1, -0.05) is 24.3 Å². The molecule has 0 aliphatic rings. The Morgan fingerprint density at radius 3 is 2.57 bits per heavy atom.